The Kier molecular flexibility index (Phi) is 5.10. The zero-order valence-electron chi connectivity index (χ0n) is 13.1. The molecule has 6 nitrogen and oxygen atoms in total. The molecule has 0 radical (unpaired) electrons. The third kappa shape index (κ3) is 3.67. The van der Waals surface area contributed by atoms with Gasteiger partial charge in [-0.2, -0.15) is 5.10 Å². The van der Waals surface area contributed by atoms with Crippen LogP contribution in [0.5, 0.6) is 0 Å². The summed E-state index contributed by atoms with van der Waals surface area (Å²) in [5, 5.41) is 4.26. The third-order valence-corrected chi connectivity index (χ3v) is 4.99. The number of likely N-dealkylation sites (tertiary alicyclic amines) is 1. The Hall–Kier alpha value is -1.40. The molecule has 0 saturated carbocycles. The minimum absolute atomic E-state index is 0.129. The van der Waals surface area contributed by atoms with Crippen LogP contribution in [0.15, 0.2) is 18.5 Å². The normalized spacial score (nSPS) is 22.7. The average Bonchev–Trinajstić information content (AvgIpc) is 3.08. The lowest BCUT2D eigenvalue weighted by Gasteiger charge is -2.36. The van der Waals surface area contributed by atoms with Crippen LogP contribution in [-0.4, -0.2) is 52.9 Å². The summed E-state index contributed by atoms with van der Waals surface area (Å²) >= 11 is 0. The van der Waals surface area contributed by atoms with Crippen molar-refractivity contribution < 1.29 is 9.53 Å². The van der Waals surface area contributed by atoms with Crippen LogP contribution in [-0.2, 0) is 16.1 Å². The van der Waals surface area contributed by atoms with E-state index in [1.807, 2.05) is 28.0 Å². The van der Waals surface area contributed by atoms with Crippen LogP contribution in [0.4, 0.5) is 0 Å². The van der Waals surface area contributed by atoms with E-state index in [-0.39, 0.29) is 17.9 Å². The summed E-state index contributed by atoms with van der Waals surface area (Å²) in [6, 6.07) is 1.59. The number of piperidine rings is 1. The summed E-state index contributed by atoms with van der Waals surface area (Å²) in [5.74, 6) is 1.01. The molecule has 3 heterocycles. The minimum atomic E-state index is -0.355. The molecule has 2 saturated heterocycles. The summed E-state index contributed by atoms with van der Waals surface area (Å²) in [7, 11) is 0. The van der Waals surface area contributed by atoms with Crippen molar-refractivity contribution in [3.8, 4) is 0 Å². The zero-order valence-corrected chi connectivity index (χ0v) is 13.1. The number of amides is 1. The predicted molar refractivity (Wildman–Crippen MR) is 83.0 cm³/mol. The van der Waals surface area contributed by atoms with Gasteiger partial charge in [0.2, 0.25) is 5.91 Å². The van der Waals surface area contributed by atoms with E-state index in [0.717, 1.165) is 58.5 Å². The Balaban J connectivity index is 1.46. The van der Waals surface area contributed by atoms with Crippen molar-refractivity contribution >= 4 is 5.91 Å². The SMILES string of the molecule is NC(C(=O)N1CCC(Cn2cccn2)CC1)C1CCOCC1. The number of hydrogen-bond donors (Lipinski definition) is 1. The maximum absolute atomic E-state index is 12.6. The second kappa shape index (κ2) is 7.24. The Labute approximate surface area is 131 Å². The molecule has 0 spiro atoms. The first-order valence-corrected chi connectivity index (χ1v) is 8.33. The van der Waals surface area contributed by atoms with Gasteiger partial charge < -0.3 is 15.4 Å². The summed E-state index contributed by atoms with van der Waals surface area (Å²) in [6.45, 7) is 4.06. The van der Waals surface area contributed by atoms with Crippen LogP contribution in [0.1, 0.15) is 25.7 Å². The van der Waals surface area contributed by atoms with Crippen molar-refractivity contribution in [2.24, 2.45) is 17.6 Å². The molecule has 122 valence electrons. The molecule has 2 fully saturated rings. The van der Waals surface area contributed by atoms with Crippen LogP contribution in [0, 0.1) is 11.8 Å². The molecule has 2 N–H and O–H groups in total. The number of carbonyl (C=O) groups is 1. The third-order valence-electron chi connectivity index (χ3n) is 4.99. The van der Waals surface area contributed by atoms with Gasteiger partial charge in [-0.25, -0.2) is 0 Å². The Morgan fingerprint density at radius 3 is 2.64 bits per heavy atom. The Bertz CT molecular complexity index is 463. The van der Waals surface area contributed by atoms with Gasteiger partial charge >= 0.3 is 0 Å². The van der Waals surface area contributed by atoms with Gasteiger partial charge in [0.15, 0.2) is 0 Å². The van der Waals surface area contributed by atoms with Gasteiger partial charge in [-0.15, -0.1) is 0 Å². The number of hydrogen-bond acceptors (Lipinski definition) is 4. The quantitative estimate of drug-likeness (QED) is 0.896. The molecular formula is C16H26N4O2. The Morgan fingerprint density at radius 1 is 1.27 bits per heavy atom. The highest BCUT2D eigenvalue weighted by Gasteiger charge is 2.31. The number of ether oxygens (including phenoxy) is 1. The van der Waals surface area contributed by atoms with E-state index in [0.29, 0.717) is 5.92 Å². The summed E-state index contributed by atoms with van der Waals surface area (Å²) in [6.07, 6.45) is 7.69. The number of nitrogens with zero attached hydrogens (tertiary/aromatic N) is 3. The summed E-state index contributed by atoms with van der Waals surface area (Å²) in [5.41, 5.74) is 6.21. The summed E-state index contributed by atoms with van der Waals surface area (Å²) in [4.78, 5) is 14.5. The molecule has 6 heteroatoms. The molecule has 1 aromatic rings. The second-order valence-electron chi connectivity index (χ2n) is 6.47. The fourth-order valence-corrected chi connectivity index (χ4v) is 3.50. The highest BCUT2D eigenvalue weighted by Crippen LogP contribution is 2.23. The van der Waals surface area contributed by atoms with E-state index in [4.69, 9.17) is 10.5 Å². The van der Waals surface area contributed by atoms with Crippen molar-refractivity contribution in [2.75, 3.05) is 26.3 Å². The lowest BCUT2D eigenvalue weighted by atomic mass is 9.90. The molecule has 0 aliphatic carbocycles. The van der Waals surface area contributed by atoms with Gasteiger partial charge in [0.05, 0.1) is 6.04 Å². The fraction of sp³-hybridized carbons (Fsp3) is 0.750. The van der Waals surface area contributed by atoms with E-state index in [2.05, 4.69) is 5.10 Å². The van der Waals surface area contributed by atoms with E-state index in [9.17, 15) is 4.79 Å². The maximum atomic E-state index is 12.6. The first kappa shape index (κ1) is 15.5. The predicted octanol–water partition coefficient (Wildman–Crippen LogP) is 0.876. The monoisotopic (exact) mass is 306 g/mol. The number of carbonyl (C=O) groups excluding carboxylic acids is 1. The first-order chi connectivity index (χ1) is 10.7. The van der Waals surface area contributed by atoms with E-state index in [1.54, 1.807) is 0 Å². The van der Waals surface area contributed by atoms with Crippen LogP contribution in [0.2, 0.25) is 0 Å². The minimum Gasteiger partial charge on any atom is -0.381 e. The molecule has 1 amide bonds. The highest BCUT2D eigenvalue weighted by atomic mass is 16.5. The molecule has 0 bridgehead atoms. The number of aromatic nitrogens is 2. The zero-order chi connectivity index (χ0) is 15.4. The fourth-order valence-electron chi connectivity index (χ4n) is 3.50. The molecule has 3 rings (SSSR count). The lowest BCUT2D eigenvalue weighted by molar-refractivity contribution is -0.136. The molecular weight excluding hydrogens is 280 g/mol. The van der Waals surface area contributed by atoms with Crippen LogP contribution < -0.4 is 5.73 Å². The molecule has 1 aromatic heterocycles. The van der Waals surface area contributed by atoms with E-state index < -0.39 is 0 Å². The Morgan fingerprint density at radius 2 is 2.00 bits per heavy atom. The van der Waals surface area contributed by atoms with Gasteiger partial charge in [-0.05, 0) is 43.6 Å². The molecule has 22 heavy (non-hydrogen) atoms. The van der Waals surface area contributed by atoms with E-state index in [1.165, 1.54) is 0 Å². The highest BCUT2D eigenvalue weighted by molar-refractivity contribution is 5.82. The largest absolute Gasteiger partial charge is 0.381 e. The molecule has 0 aromatic carbocycles. The molecule has 2 aliphatic heterocycles. The topological polar surface area (TPSA) is 73.4 Å². The van der Waals surface area contributed by atoms with Gasteiger partial charge in [0.25, 0.3) is 0 Å². The van der Waals surface area contributed by atoms with Crippen molar-refractivity contribution in [1.82, 2.24) is 14.7 Å². The van der Waals surface area contributed by atoms with Gasteiger partial charge in [-0.3, -0.25) is 9.48 Å². The van der Waals surface area contributed by atoms with Gasteiger partial charge in [0, 0.05) is 45.2 Å². The molecule has 1 unspecified atom stereocenters. The van der Waals surface area contributed by atoms with Crippen LogP contribution in [0.3, 0.4) is 0 Å². The second-order valence-corrected chi connectivity index (χ2v) is 6.47. The standard InChI is InChI=1S/C16H26N4O2/c17-15(14-4-10-22-11-5-14)16(21)19-8-2-13(3-9-19)12-20-7-1-6-18-20/h1,6-7,13-15H,2-5,8-12,17H2. The van der Waals surface area contributed by atoms with Crippen molar-refractivity contribution in [3.63, 3.8) is 0 Å². The van der Waals surface area contributed by atoms with Crippen molar-refractivity contribution in [2.45, 2.75) is 38.3 Å². The maximum Gasteiger partial charge on any atom is 0.239 e. The van der Waals surface area contributed by atoms with Gasteiger partial charge in [0.1, 0.15) is 0 Å². The van der Waals surface area contributed by atoms with Crippen LogP contribution in [0.25, 0.3) is 0 Å². The number of nitrogens with two attached hydrogens (primary N) is 1. The van der Waals surface area contributed by atoms with Crippen molar-refractivity contribution in [1.29, 1.82) is 0 Å². The summed E-state index contributed by atoms with van der Waals surface area (Å²) < 4.78 is 7.33. The van der Waals surface area contributed by atoms with Crippen molar-refractivity contribution in [3.05, 3.63) is 18.5 Å². The lowest BCUT2D eigenvalue weighted by Crippen LogP contribution is -2.51. The molecule has 1 atom stereocenters. The average molecular weight is 306 g/mol. The first-order valence-electron chi connectivity index (χ1n) is 8.33. The van der Waals surface area contributed by atoms with Crippen LogP contribution >= 0.6 is 0 Å². The van der Waals surface area contributed by atoms with E-state index >= 15 is 0 Å². The molecule has 2 aliphatic rings. The smallest absolute Gasteiger partial charge is 0.239 e. The van der Waals surface area contributed by atoms with Gasteiger partial charge in [-0.1, -0.05) is 0 Å². The number of rotatable bonds is 4.